The molecular weight excluding hydrogens is 478 g/mol. The zero-order valence-corrected chi connectivity index (χ0v) is 21.1. The number of hydrogen-bond acceptors (Lipinski definition) is 2. The van der Waals surface area contributed by atoms with Gasteiger partial charge in [0.25, 0.3) is 0 Å². The van der Waals surface area contributed by atoms with Crippen molar-refractivity contribution < 1.29 is 4.74 Å². The molecule has 0 radical (unpaired) electrons. The Labute approximate surface area is 224 Å². The summed E-state index contributed by atoms with van der Waals surface area (Å²) in [6.07, 6.45) is 0. The summed E-state index contributed by atoms with van der Waals surface area (Å²) in [5.74, 6) is 0.891. The van der Waals surface area contributed by atoms with Gasteiger partial charge in [-0.15, -0.1) is 0 Å². The Morgan fingerprint density at radius 2 is 1.13 bits per heavy atom. The van der Waals surface area contributed by atoms with Crippen molar-refractivity contribution in [2.75, 3.05) is 12.0 Å². The van der Waals surface area contributed by atoms with E-state index in [0.29, 0.717) is 6.73 Å². The predicted octanol–water partition coefficient (Wildman–Crippen LogP) is 8.80. The number of anilines is 1. The topological polar surface area (TPSA) is 31.1 Å². The highest BCUT2D eigenvalue weighted by atomic mass is 16.5. The molecule has 0 aliphatic carbocycles. The third-order valence-corrected chi connectivity index (χ3v) is 8.17. The van der Waals surface area contributed by atoms with Crippen LogP contribution in [0.2, 0.25) is 0 Å². The van der Waals surface area contributed by atoms with E-state index in [1.165, 1.54) is 54.4 Å². The molecule has 184 valence electrons. The van der Waals surface area contributed by atoms with Crippen LogP contribution in [0.4, 0.5) is 5.69 Å². The number of ether oxygens (including phenoxy) is 1. The third-order valence-electron chi connectivity index (χ3n) is 8.17. The molecule has 9 rings (SSSR count). The van der Waals surface area contributed by atoms with Gasteiger partial charge in [0, 0.05) is 38.7 Å². The Balaban J connectivity index is 1.60. The van der Waals surface area contributed by atoms with Crippen LogP contribution in [0.3, 0.4) is 0 Å². The molecule has 39 heavy (non-hydrogen) atoms. The van der Waals surface area contributed by atoms with Gasteiger partial charge in [0.15, 0.2) is 6.73 Å². The highest BCUT2D eigenvalue weighted by Gasteiger charge is 2.24. The zero-order valence-electron chi connectivity index (χ0n) is 21.1. The van der Waals surface area contributed by atoms with Crippen molar-refractivity contribution in [3.8, 4) is 17.1 Å². The van der Waals surface area contributed by atoms with Crippen LogP contribution in [0.1, 0.15) is 0 Å². The molecule has 0 bridgehead atoms. The van der Waals surface area contributed by atoms with Crippen LogP contribution in [-0.4, -0.2) is 15.9 Å². The lowest BCUT2D eigenvalue weighted by Gasteiger charge is -2.13. The average molecular weight is 502 g/mol. The molecule has 4 nitrogen and oxygen atoms in total. The summed E-state index contributed by atoms with van der Waals surface area (Å²) in [4.78, 5) is 0. The minimum atomic E-state index is 0.507. The second-order valence-electron chi connectivity index (χ2n) is 10.2. The highest BCUT2D eigenvalue weighted by Crippen LogP contribution is 2.47. The average Bonchev–Trinajstić information content (AvgIpc) is 3.70. The van der Waals surface area contributed by atoms with E-state index in [1.54, 1.807) is 0 Å². The molecule has 6 aromatic carbocycles. The maximum absolute atomic E-state index is 5.91. The van der Waals surface area contributed by atoms with Gasteiger partial charge in [-0.05, 0) is 41.8 Å². The number of hydrogen-bond donors (Lipinski definition) is 1. The van der Waals surface area contributed by atoms with Crippen molar-refractivity contribution >= 4 is 60.1 Å². The van der Waals surface area contributed by atoms with Crippen LogP contribution in [0.15, 0.2) is 121 Å². The standard InChI is InChI=1S/C35H23N3O/c1-2-10-22(11-3-1)37-29-16-8-6-14-26(29)32-24-12-4-5-13-25(24)34-33(35(32)37)27-15-7-9-17-30(27)38(34)23-18-19-28-31(20-23)39-21-36-28/h1-20,36H,21H2. The molecular formula is C35H23N3O. The van der Waals surface area contributed by atoms with Gasteiger partial charge >= 0.3 is 0 Å². The maximum Gasteiger partial charge on any atom is 0.159 e. The first kappa shape index (κ1) is 20.8. The van der Waals surface area contributed by atoms with Crippen LogP contribution < -0.4 is 10.1 Å². The minimum absolute atomic E-state index is 0.507. The van der Waals surface area contributed by atoms with Crippen molar-refractivity contribution in [2.24, 2.45) is 0 Å². The first-order chi connectivity index (χ1) is 19.4. The van der Waals surface area contributed by atoms with Crippen LogP contribution in [0.5, 0.6) is 5.75 Å². The van der Waals surface area contributed by atoms with Crippen LogP contribution in [0, 0.1) is 0 Å². The van der Waals surface area contributed by atoms with Crippen LogP contribution in [-0.2, 0) is 0 Å². The number of fused-ring (bicyclic) bond motifs is 11. The molecule has 1 aliphatic heterocycles. The van der Waals surface area contributed by atoms with Crippen molar-refractivity contribution in [3.63, 3.8) is 0 Å². The SMILES string of the molecule is c1ccc(-n2c3ccccc3c3c4ccccc4c4c(c5ccccc5n4-c4ccc5c(c4)OCN5)c32)cc1. The summed E-state index contributed by atoms with van der Waals surface area (Å²) in [7, 11) is 0. The Morgan fingerprint density at radius 3 is 1.90 bits per heavy atom. The fraction of sp³-hybridized carbons (Fsp3) is 0.0286. The first-order valence-electron chi connectivity index (χ1n) is 13.3. The maximum atomic E-state index is 5.91. The van der Waals surface area contributed by atoms with Gasteiger partial charge < -0.3 is 19.2 Å². The van der Waals surface area contributed by atoms with E-state index in [0.717, 1.165) is 22.8 Å². The summed E-state index contributed by atoms with van der Waals surface area (Å²) < 4.78 is 10.8. The number of aromatic nitrogens is 2. The van der Waals surface area contributed by atoms with E-state index in [9.17, 15) is 0 Å². The lowest BCUT2D eigenvalue weighted by atomic mass is 9.99. The van der Waals surface area contributed by atoms with E-state index in [4.69, 9.17) is 4.74 Å². The molecule has 0 saturated heterocycles. The van der Waals surface area contributed by atoms with E-state index < -0.39 is 0 Å². The van der Waals surface area contributed by atoms with E-state index >= 15 is 0 Å². The van der Waals surface area contributed by atoms with Gasteiger partial charge in [-0.3, -0.25) is 0 Å². The molecule has 0 atom stereocenters. The number of benzene rings is 6. The number of rotatable bonds is 2. The Morgan fingerprint density at radius 1 is 0.513 bits per heavy atom. The van der Waals surface area contributed by atoms with Gasteiger partial charge in [0.1, 0.15) is 5.75 Å². The van der Waals surface area contributed by atoms with E-state index in [1.807, 2.05) is 0 Å². The van der Waals surface area contributed by atoms with Crippen molar-refractivity contribution in [1.82, 2.24) is 9.13 Å². The molecule has 1 N–H and O–H groups in total. The monoisotopic (exact) mass is 501 g/mol. The quantitative estimate of drug-likeness (QED) is 0.257. The lowest BCUT2D eigenvalue weighted by Crippen LogP contribution is -1.96. The molecule has 3 heterocycles. The number of para-hydroxylation sites is 3. The summed E-state index contributed by atoms with van der Waals surface area (Å²) >= 11 is 0. The number of nitrogens with one attached hydrogen (secondary N) is 1. The second-order valence-corrected chi connectivity index (χ2v) is 10.2. The Hall–Kier alpha value is -5.22. The summed E-state index contributed by atoms with van der Waals surface area (Å²) in [5.41, 5.74) is 8.14. The highest BCUT2D eigenvalue weighted by molar-refractivity contribution is 6.36. The van der Waals surface area contributed by atoms with E-state index in [-0.39, 0.29) is 0 Å². The third kappa shape index (κ3) is 2.72. The fourth-order valence-corrected chi connectivity index (χ4v) is 6.61. The van der Waals surface area contributed by atoms with E-state index in [2.05, 4.69) is 136 Å². The lowest BCUT2D eigenvalue weighted by molar-refractivity contribution is 0.372. The van der Waals surface area contributed by atoms with Gasteiger partial charge in [-0.25, -0.2) is 0 Å². The summed E-state index contributed by atoms with van der Waals surface area (Å²) in [6.45, 7) is 0.507. The van der Waals surface area contributed by atoms with Crippen molar-refractivity contribution in [1.29, 1.82) is 0 Å². The van der Waals surface area contributed by atoms with Gasteiger partial charge in [-0.2, -0.15) is 0 Å². The summed E-state index contributed by atoms with van der Waals surface area (Å²) in [6, 6.07) is 43.7. The first-order valence-corrected chi connectivity index (χ1v) is 13.3. The van der Waals surface area contributed by atoms with Crippen molar-refractivity contribution in [2.45, 2.75) is 0 Å². The fourth-order valence-electron chi connectivity index (χ4n) is 6.61. The van der Waals surface area contributed by atoms with Crippen LogP contribution >= 0.6 is 0 Å². The molecule has 0 saturated carbocycles. The van der Waals surface area contributed by atoms with Gasteiger partial charge in [0.05, 0.1) is 33.4 Å². The molecule has 0 unspecified atom stereocenters. The van der Waals surface area contributed by atoms with Gasteiger partial charge in [0.2, 0.25) is 0 Å². The predicted molar refractivity (Wildman–Crippen MR) is 162 cm³/mol. The molecule has 0 spiro atoms. The van der Waals surface area contributed by atoms with Crippen molar-refractivity contribution in [3.05, 3.63) is 121 Å². The smallest absolute Gasteiger partial charge is 0.159 e. The minimum Gasteiger partial charge on any atom is -0.471 e. The molecule has 1 aliphatic rings. The van der Waals surface area contributed by atoms with Crippen LogP contribution in [0.25, 0.3) is 65.8 Å². The molecule has 8 aromatic rings. The molecule has 2 aromatic heterocycles. The summed E-state index contributed by atoms with van der Waals surface area (Å²) in [5, 5.41) is 10.9. The second kappa shape index (κ2) is 7.65. The normalized spacial score (nSPS) is 12.9. The Kier molecular flexibility index (Phi) is 4.08. The molecule has 0 amide bonds. The molecule has 4 heteroatoms. The molecule has 0 fully saturated rings. The van der Waals surface area contributed by atoms with Gasteiger partial charge in [-0.1, -0.05) is 78.9 Å². The Bertz CT molecular complexity index is 2260. The largest absolute Gasteiger partial charge is 0.471 e. The zero-order chi connectivity index (χ0) is 25.5. The number of nitrogens with zero attached hydrogens (tertiary/aromatic N) is 2.